The van der Waals surface area contributed by atoms with Crippen molar-refractivity contribution < 1.29 is 15.1 Å². The first-order valence-corrected chi connectivity index (χ1v) is 6.47. The number of hydrogen-bond donors (Lipinski definition) is 3. The maximum Gasteiger partial charge on any atom is 0.236 e. The molecule has 0 aliphatic carbocycles. The highest BCUT2D eigenvalue weighted by molar-refractivity contribution is 6.06. The van der Waals surface area contributed by atoms with Crippen LogP contribution < -0.4 is 5.73 Å². The van der Waals surface area contributed by atoms with E-state index in [-0.39, 0.29) is 24.4 Å². The SMILES string of the molecule is CCC(CC)(C(=O)N1CCCC1CO)C(N)=NO. The first-order chi connectivity index (χ1) is 8.57. The van der Waals surface area contributed by atoms with Gasteiger partial charge in [0.05, 0.1) is 12.6 Å². The van der Waals surface area contributed by atoms with Crippen LogP contribution in [0.1, 0.15) is 39.5 Å². The summed E-state index contributed by atoms with van der Waals surface area (Å²) in [6.45, 7) is 4.29. The highest BCUT2D eigenvalue weighted by Crippen LogP contribution is 2.32. The lowest BCUT2D eigenvalue weighted by molar-refractivity contribution is -0.140. The summed E-state index contributed by atoms with van der Waals surface area (Å²) in [5, 5.41) is 21.2. The van der Waals surface area contributed by atoms with Crippen LogP contribution in [-0.2, 0) is 4.79 Å². The molecule has 6 nitrogen and oxygen atoms in total. The van der Waals surface area contributed by atoms with E-state index in [0.29, 0.717) is 19.4 Å². The Morgan fingerprint density at radius 3 is 2.56 bits per heavy atom. The summed E-state index contributed by atoms with van der Waals surface area (Å²) in [6, 6.07) is -0.138. The van der Waals surface area contributed by atoms with Gasteiger partial charge in [-0.15, -0.1) is 0 Å². The number of likely N-dealkylation sites (tertiary alicyclic amines) is 1. The zero-order valence-electron chi connectivity index (χ0n) is 11.1. The summed E-state index contributed by atoms with van der Waals surface area (Å²) < 4.78 is 0. The Hall–Kier alpha value is -1.30. The monoisotopic (exact) mass is 257 g/mol. The lowest BCUT2D eigenvalue weighted by atomic mass is 9.79. The van der Waals surface area contributed by atoms with Gasteiger partial charge in [0.1, 0.15) is 5.41 Å². The molecule has 0 spiro atoms. The van der Waals surface area contributed by atoms with Crippen LogP contribution in [0, 0.1) is 5.41 Å². The number of hydrogen-bond acceptors (Lipinski definition) is 4. The number of nitrogens with zero attached hydrogens (tertiary/aromatic N) is 2. The third-order valence-electron chi connectivity index (χ3n) is 4.06. The topological polar surface area (TPSA) is 99.2 Å². The number of oxime groups is 1. The molecule has 1 aliphatic heterocycles. The highest BCUT2D eigenvalue weighted by atomic mass is 16.4. The summed E-state index contributed by atoms with van der Waals surface area (Å²) in [5.41, 5.74) is 4.77. The maximum absolute atomic E-state index is 12.6. The van der Waals surface area contributed by atoms with E-state index in [1.807, 2.05) is 13.8 Å². The number of amidine groups is 1. The second kappa shape index (κ2) is 6.04. The normalized spacial score (nSPS) is 21.4. The van der Waals surface area contributed by atoms with Crippen molar-refractivity contribution in [3.8, 4) is 0 Å². The number of aliphatic hydroxyl groups is 1. The number of carbonyl (C=O) groups excluding carboxylic acids is 1. The largest absolute Gasteiger partial charge is 0.409 e. The molecule has 0 aromatic carbocycles. The molecule has 0 radical (unpaired) electrons. The molecule has 0 aromatic rings. The van der Waals surface area contributed by atoms with Crippen molar-refractivity contribution in [2.75, 3.05) is 13.2 Å². The fraction of sp³-hybridized carbons (Fsp3) is 0.833. The van der Waals surface area contributed by atoms with Crippen LogP contribution in [0.25, 0.3) is 0 Å². The van der Waals surface area contributed by atoms with Gasteiger partial charge in [0.2, 0.25) is 5.91 Å². The van der Waals surface area contributed by atoms with Crippen molar-refractivity contribution in [3.63, 3.8) is 0 Å². The zero-order valence-corrected chi connectivity index (χ0v) is 11.1. The number of amides is 1. The van der Waals surface area contributed by atoms with E-state index < -0.39 is 5.41 Å². The Morgan fingerprint density at radius 1 is 1.50 bits per heavy atom. The van der Waals surface area contributed by atoms with E-state index in [4.69, 9.17) is 10.9 Å². The molecule has 0 aromatic heterocycles. The molecule has 6 heteroatoms. The van der Waals surface area contributed by atoms with Gasteiger partial charge in [0.25, 0.3) is 0 Å². The van der Waals surface area contributed by atoms with E-state index >= 15 is 0 Å². The van der Waals surface area contributed by atoms with E-state index in [1.54, 1.807) is 4.90 Å². The average molecular weight is 257 g/mol. The summed E-state index contributed by atoms with van der Waals surface area (Å²) in [6.07, 6.45) is 2.65. The molecule has 1 heterocycles. The van der Waals surface area contributed by atoms with Crippen LogP contribution in [0.5, 0.6) is 0 Å². The fourth-order valence-corrected chi connectivity index (χ4v) is 2.69. The Morgan fingerprint density at radius 2 is 2.11 bits per heavy atom. The van der Waals surface area contributed by atoms with Gasteiger partial charge in [-0.05, 0) is 25.7 Å². The van der Waals surface area contributed by atoms with Crippen molar-refractivity contribution >= 4 is 11.7 Å². The van der Waals surface area contributed by atoms with Crippen molar-refractivity contribution in [2.24, 2.45) is 16.3 Å². The Bertz CT molecular complexity index is 327. The molecule has 1 unspecified atom stereocenters. The van der Waals surface area contributed by atoms with Gasteiger partial charge in [-0.2, -0.15) is 0 Å². The lowest BCUT2D eigenvalue weighted by Gasteiger charge is -2.35. The lowest BCUT2D eigenvalue weighted by Crippen LogP contribution is -2.52. The molecule has 1 aliphatic rings. The van der Waals surface area contributed by atoms with E-state index in [0.717, 1.165) is 12.8 Å². The predicted octanol–water partition coefficient (Wildman–Crippen LogP) is 0.523. The van der Waals surface area contributed by atoms with Crippen LogP contribution >= 0.6 is 0 Å². The van der Waals surface area contributed by atoms with Crippen LogP contribution in [0.3, 0.4) is 0 Å². The Balaban J connectivity index is 3.03. The number of rotatable bonds is 5. The maximum atomic E-state index is 12.6. The molecule has 104 valence electrons. The molecular weight excluding hydrogens is 234 g/mol. The molecular formula is C12H23N3O3. The number of carbonyl (C=O) groups is 1. The second-order valence-electron chi connectivity index (χ2n) is 4.75. The Kier molecular flexibility index (Phi) is 4.95. The molecule has 1 amide bonds. The molecule has 1 rings (SSSR count). The van der Waals surface area contributed by atoms with Crippen molar-refractivity contribution in [3.05, 3.63) is 0 Å². The van der Waals surface area contributed by atoms with Gasteiger partial charge in [0.15, 0.2) is 5.84 Å². The van der Waals surface area contributed by atoms with Gasteiger partial charge < -0.3 is 20.9 Å². The quantitative estimate of drug-likeness (QED) is 0.289. The predicted molar refractivity (Wildman–Crippen MR) is 68.2 cm³/mol. The molecule has 18 heavy (non-hydrogen) atoms. The summed E-state index contributed by atoms with van der Waals surface area (Å²) in [5.74, 6) is -0.180. The van der Waals surface area contributed by atoms with E-state index in [1.165, 1.54) is 0 Å². The highest BCUT2D eigenvalue weighted by Gasteiger charge is 2.45. The third kappa shape index (κ3) is 2.29. The van der Waals surface area contributed by atoms with Crippen molar-refractivity contribution in [2.45, 2.75) is 45.6 Å². The summed E-state index contributed by atoms with van der Waals surface area (Å²) in [7, 11) is 0. The van der Waals surface area contributed by atoms with E-state index in [2.05, 4.69) is 5.16 Å². The standard InChI is InChI=1S/C12H23N3O3/c1-3-12(4-2,10(13)14-18)11(17)15-7-5-6-9(15)8-16/h9,16,18H,3-8H2,1-2H3,(H2,13,14). The van der Waals surface area contributed by atoms with Crippen LogP contribution in [-0.4, -0.2) is 46.1 Å². The molecule has 1 saturated heterocycles. The molecule has 1 fully saturated rings. The minimum atomic E-state index is -0.952. The third-order valence-corrected chi connectivity index (χ3v) is 4.06. The van der Waals surface area contributed by atoms with Crippen LogP contribution in [0.2, 0.25) is 0 Å². The fourth-order valence-electron chi connectivity index (χ4n) is 2.69. The molecule has 1 atom stereocenters. The van der Waals surface area contributed by atoms with Crippen molar-refractivity contribution in [1.29, 1.82) is 0 Å². The van der Waals surface area contributed by atoms with Gasteiger partial charge in [-0.3, -0.25) is 4.79 Å². The molecule has 4 N–H and O–H groups in total. The minimum Gasteiger partial charge on any atom is -0.409 e. The Labute approximate surface area is 107 Å². The smallest absolute Gasteiger partial charge is 0.236 e. The van der Waals surface area contributed by atoms with Gasteiger partial charge in [-0.1, -0.05) is 19.0 Å². The van der Waals surface area contributed by atoms with Crippen LogP contribution in [0.4, 0.5) is 0 Å². The summed E-state index contributed by atoms with van der Waals surface area (Å²) >= 11 is 0. The average Bonchev–Trinajstić information content (AvgIpc) is 2.88. The van der Waals surface area contributed by atoms with E-state index in [9.17, 15) is 9.90 Å². The van der Waals surface area contributed by atoms with Gasteiger partial charge in [-0.25, -0.2) is 0 Å². The molecule has 0 saturated carbocycles. The van der Waals surface area contributed by atoms with Gasteiger partial charge in [0, 0.05) is 6.54 Å². The van der Waals surface area contributed by atoms with Gasteiger partial charge >= 0.3 is 0 Å². The second-order valence-corrected chi connectivity index (χ2v) is 4.75. The first kappa shape index (κ1) is 14.8. The summed E-state index contributed by atoms with van der Waals surface area (Å²) in [4.78, 5) is 14.3. The van der Waals surface area contributed by atoms with Crippen molar-refractivity contribution in [1.82, 2.24) is 4.90 Å². The zero-order chi connectivity index (χ0) is 13.8. The van der Waals surface area contributed by atoms with Crippen LogP contribution in [0.15, 0.2) is 5.16 Å². The first-order valence-electron chi connectivity index (χ1n) is 6.47. The number of nitrogens with two attached hydrogens (primary N) is 1. The minimum absolute atomic E-state index is 0.0363. The molecule has 0 bridgehead atoms. The number of aliphatic hydroxyl groups excluding tert-OH is 1.